The topological polar surface area (TPSA) is 108 Å². The lowest BCUT2D eigenvalue weighted by atomic mass is 10.0. The Morgan fingerprint density at radius 2 is 0.620 bits per heavy atom. The molecular weight excluding hydrogens is 1160 g/mol. The van der Waals surface area contributed by atoms with Gasteiger partial charge in [0.1, 0.15) is 19.8 Å². The Hall–Kier alpha value is -2.55. The number of carbonyl (C=O) groups excluding carboxylic acids is 2. The summed E-state index contributed by atoms with van der Waals surface area (Å²) in [4.78, 5) is 36.0. The first-order valence-electron chi connectivity index (χ1n) is 39.7. The van der Waals surface area contributed by atoms with Crippen LogP contribution in [-0.2, 0) is 32.7 Å². The molecule has 0 aromatic heterocycles. The molecule has 1 N–H and O–H groups in total. The number of nitrogens with zero attached hydrogens (tertiary/aromatic N) is 1. The van der Waals surface area contributed by atoms with Gasteiger partial charge in [-0.05, 0) is 83.5 Å². The van der Waals surface area contributed by atoms with Crippen LogP contribution < -0.4 is 0 Å². The lowest BCUT2D eigenvalue weighted by Crippen LogP contribution is -2.37. The van der Waals surface area contributed by atoms with Crippen LogP contribution >= 0.6 is 7.82 Å². The van der Waals surface area contributed by atoms with E-state index in [1.165, 1.54) is 289 Å². The average molecular weight is 1310 g/mol. The van der Waals surface area contributed by atoms with Gasteiger partial charge in [0.2, 0.25) is 0 Å². The summed E-state index contributed by atoms with van der Waals surface area (Å²) in [5.74, 6) is -0.778. The molecule has 92 heavy (non-hydrogen) atoms. The summed E-state index contributed by atoms with van der Waals surface area (Å²) in [6, 6.07) is 0. The minimum atomic E-state index is -4.39. The largest absolute Gasteiger partial charge is 0.472 e. The Kier molecular flexibility index (Phi) is 70.7. The first-order valence-corrected chi connectivity index (χ1v) is 41.2. The van der Waals surface area contributed by atoms with E-state index < -0.39 is 26.5 Å². The number of ether oxygens (including phenoxy) is 2. The number of phosphoric ester groups is 1. The monoisotopic (exact) mass is 1310 g/mol. The second-order valence-corrected chi connectivity index (χ2v) is 29.5. The Bertz CT molecular complexity index is 1780. The molecule has 2 unspecified atom stereocenters. The van der Waals surface area contributed by atoms with E-state index in [1.54, 1.807) is 0 Å². The number of esters is 2. The van der Waals surface area contributed by atoms with Gasteiger partial charge in [-0.25, -0.2) is 4.57 Å². The van der Waals surface area contributed by atoms with Crippen LogP contribution in [0, 0.1) is 0 Å². The normalized spacial score (nSPS) is 13.4. The van der Waals surface area contributed by atoms with Gasteiger partial charge in [-0.15, -0.1) is 0 Å². The van der Waals surface area contributed by atoms with Gasteiger partial charge in [-0.2, -0.15) is 0 Å². The molecule has 0 spiro atoms. The lowest BCUT2D eigenvalue weighted by Gasteiger charge is -2.24. The molecule has 538 valence electrons. The standard InChI is InChI=1S/C82H152NO8P/c1-6-8-10-12-14-16-18-20-22-24-26-28-30-32-34-36-37-38-39-40-41-42-43-44-45-47-48-50-52-54-56-58-60-62-64-66-68-70-72-74-81(84)88-78-80(79-90-92(86,87)89-77-76-83(3,4)5)91-82(85)75-73-71-69-67-65-63-61-59-57-55-53-51-49-46-35-33-31-29-27-25-23-21-19-17-15-13-11-9-7-2/h9,11,15,17-18,20-21,23-24,26-27,29,80H,6-8,10,12-14,16,19,22,25,28,30-79H2,1-5H3/p+1/b11-9-,17-15-,20-18-,23-21-,26-24-,29-27-. The highest BCUT2D eigenvalue weighted by atomic mass is 31.2. The number of hydrogen-bond acceptors (Lipinski definition) is 7. The summed E-state index contributed by atoms with van der Waals surface area (Å²) < 4.78 is 34.8. The van der Waals surface area contributed by atoms with Crippen LogP contribution in [0.3, 0.4) is 0 Å². The van der Waals surface area contributed by atoms with Gasteiger partial charge in [0, 0.05) is 12.8 Å². The van der Waals surface area contributed by atoms with Crippen molar-refractivity contribution < 1.29 is 42.1 Å². The lowest BCUT2D eigenvalue weighted by molar-refractivity contribution is -0.870. The second-order valence-electron chi connectivity index (χ2n) is 28.1. The Labute approximate surface area is 571 Å². The zero-order valence-electron chi connectivity index (χ0n) is 61.5. The van der Waals surface area contributed by atoms with E-state index in [4.69, 9.17) is 18.5 Å². The summed E-state index contributed by atoms with van der Waals surface area (Å²) in [5.41, 5.74) is 0. The van der Waals surface area contributed by atoms with Crippen molar-refractivity contribution in [2.45, 2.75) is 392 Å². The molecule has 10 heteroatoms. The molecular formula is C82H153NO8P+. The van der Waals surface area contributed by atoms with Crippen molar-refractivity contribution >= 4 is 19.8 Å². The molecule has 0 amide bonds. The van der Waals surface area contributed by atoms with Crippen LogP contribution in [0.15, 0.2) is 72.9 Å². The number of carbonyl (C=O) groups is 2. The zero-order chi connectivity index (χ0) is 66.9. The fourth-order valence-corrected chi connectivity index (χ4v) is 12.4. The van der Waals surface area contributed by atoms with E-state index >= 15 is 0 Å². The predicted molar refractivity (Wildman–Crippen MR) is 399 cm³/mol. The Balaban J connectivity index is 3.90. The van der Waals surface area contributed by atoms with Gasteiger partial charge in [0.25, 0.3) is 0 Å². The molecule has 0 saturated heterocycles. The molecule has 0 heterocycles. The first kappa shape index (κ1) is 89.5. The van der Waals surface area contributed by atoms with Gasteiger partial charge in [0.15, 0.2) is 6.10 Å². The van der Waals surface area contributed by atoms with E-state index in [9.17, 15) is 19.0 Å². The average Bonchev–Trinajstić information content (AvgIpc) is 2.14. The molecule has 0 aromatic rings. The molecule has 0 aliphatic carbocycles. The van der Waals surface area contributed by atoms with E-state index in [0.717, 1.165) is 64.2 Å². The molecule has 0 fully saturated rings. The van der Waals surface area contributed by atoms with E-state index in [2.05, 4.69) is 86.8 Å². The van der Waals surface area contributed by atoms with Crippen molar-refractivity contribution in [2.75, 3.05) is 47.5 Å². The van der Waals surface area contributed by atoms with Crippen molar-refractivity contribution in [1.82, 2.24) is 0 Å². The number of likely N-dealkylation sites (N-methyl/N-ethyl adjacent to an activating group) is 1. The minimum absolute atomic E-state index is 0.0326. The highest BCUT2D eigenvalue weighted by Crippen LogP contribution is 2.43. The van der Waals surface area contributed by atoms with Crippen molar-refractivity contribution in [3.8, 4) is 0 Å². The van der Waals surface area contributed by atoms with Gasteiger partial charge in [-0.1, -0.05) is 363 Å². The Morgan fingerprint density at radius 3 is 0.924 bits per heavy atom. The van der Waals surface area contributed by atoms with E-state index in [-0.39, 0.29) is 25.6 Å². The van der Waals surface area contributed by atoms with Crippen LogP contribution in [0.4, 0.5) is 0 Å². The third kappa shape index (κ3) is 76.5. The molecule has 0 aliphatic rings. The van der Waals surface area contributed by atoms with E-state index in [0.29, 0.717) is 23.9 Å². The first-order chi connectivity index (χ1) is 45.0. The highest BCUT2D eigenvalue weighted by molar-refractivity contribution is 7.47. The number of allylic oxidation sites excluding steroid dienone is 12. The number of phosphoric acid groups is 1. The maximum absolute atomic E-state index is 12.9. The molecule has 2 atom stereocenters. The minimum Gasteiger partial charge on any atom is -0.462 e. The van der Waals surface area contributed by atoms with Crippen molar-refractivity contribution in [3.05, 3.63) is 72.9 Å². The van der Waals surface area contributed by atoms with Crippen LogP contribution in [0.1, 0.15) is 386 Å². The number of unbranched alkanes of at least 4 members (excludes halogenated alkanes) is 48. The molecule has 0 saturated carbocycles. The summed E-state index contributed by atoms with van der Waals surface area (Å²) in [6.45, 7) is 4.37. The Morgan fingerprint density at radius 1 is 0.348 bits per heavy atom. The fourth-order valence-electron chi connectivity index (χ4n) is 11.7. The van der Waals surface area contributed by atoms with Crippen molar-refractivity contribution in [2.24, 2.45) is 0 Å². The van der Waals surface area contributed by atoms with Crippen molar-refractivity contribution in [1.29, 1.82) is 0 Å². The van der Waals surface area contributed by atoms with Crippen LogP contribution in [0.25, 0.3) is 0 Å². The zero-order valence-corrected chi connectivity index (χ0v) is 62.4. The molecule has 0 radical (unpaired) electrons. The van der Waals surface area contributed by atoms with E-state index in [1.807, 2.05) is 21.1 Å². The highest BCUT2D eigenvalue weighted by Gasteiger charge is 2.27. The number of quaternary nitrogens is 1. The summed E-state index contributed by atoms with van der Waals surface area (Å²) in [7, 11) is 1.49. The maximum Gasteiger partial charge on any atom is 0.472 e. The molecule has 0 bridgehead atoms. The maximum atomic E-state index is 12.9. The SMILES string of the molecule is CC/C=C\C/C=C\C/C=C\C/C=C\CCCCCCCCCCCCCCCCCCC(=O)OC(COC(=O)CCCCCCCCCCCCCCCCCCCCCCCCCCCCC/C=C\C/C=C\CCCCCCC)COP(=O)(O)OCC[N+](C)(C)C. The molecule has 0 rings (SSSR count). The molecule has 9 nitrogen and oxygen atoms in total. The molecule has 0 aliphatic heterocycles. The third-order valence-electron chi connectivity index (χ3n) is 17.7. The molecule has 0 aromatic carbocycles. The van der Waals surface area contributed by atoms with Crippen LogP contribution in [-0.4, -0.2) is 74.9 Å². The van der Waals surface area contributed by atoms with Gasteiger partial charge < -0.3 is 18.9 Å². The summed E-state index contributed by atoms with van der Waals surface area (Å²) in [6.07, 6.45) is 99.1. The quantitative estimate of drug-likeness (QED) is 0.0211. The van der Waals surface area contributed by atoms with Crippen LogP contribution in [0.2, 0.25) is 0 Å². The number of rotatable bonds is 74. The second kappa shape index (κ2) is 72.7. The third-order valence-corrected chi connectivity index (χ3v) is 18.7. The smallest absolute Gasteiger partial charge is 0.462 e. The summed E-state index contributed by atoms with van der Waals surface area (Å²) in [5, 5.41) is 0. The predicted octanol–water partition coefficient (Wildman–Crippen LogP) is 26.3. The van der Waals surface area contributed by atoms with Gasteiger partial charge in [-0.3, -0.25) is 18.6 Å². The van der Waals surface area contributed by atoms with Gasteiger partial charge in [0.05, 0.1) is 27.7 Å². The summed E-state index contributed by atoms with van der Waals surface area (Å²) >= 11 is 0. The van der Waals surface area contributed by atoms with Crippen LogP contribution in [0.5, 0.6) is 0 Å². The van der Waals surface area contributed by atoms with Gasteiger partial charge >= 0.3 is 19.8 Å². The number of hydrogen-bond donors (Lipinski definition) is 1. The fraction of sp³-hybridized carbons (Fsp3) is 0.829. The van der Waals surface area contributed by atoms with Crippen molar-refractivity contribution in [3.63, 3.8) is 0 Å².